The fourth-order valence-electron chi connectivity index (χ4n) is 2.24. The van der Waals surface area contributed by atoms with Gasteiger partial charge in [-0.1, -0.05) is 48.2 Å². The van der Waals surface area contributed by atoms with E-state index >= 15 is 0 Å². The van der Waals surface area contributed by atoms with Gasteiger partial charge in [-0.05, 0) is 30.7 Å². The summed E-state index contributed by atoms with van der Waals surface area (Å²) in [7, 11) is 0. The first-order valence-corrected chi connectivity index (χ1v) is 9.18. The van der Waals surface area contributed by atoms with E-state index in [-0.39, 0.29) is 11.7 Å². The first-order chi connectivity index (χ1) is 12.7. The van der Waals surface area contributed by atoms with Crippen LogP contribution in [0, 0.1) is 6.92 Å². The topological polar surface area (TPSA) is 77.2 Å². The van der Waals surface area contributed by atoms with E-state index in [1.807, 2.05) is 61.5 Å². The van der Waals surface area contributed by atoms with Crippen molar-refractivity contribution in [2.24, 2.45) is 0 Å². The fraction of sp³-hybridized carbons (Fsp3) is 0.211. The minimum atomic E-state index is -0.109. The maximum Gasteiger partial charge on any atom is 0.277 e. The van der Waals surface area contributed by atoms with Crippen molar-refractivity contribution in [3.8, 4) is 17.2 Å². The maximum atomic E-state index is 11.9. The van der Waals surface area contributed by atoms with E-state index < -0.39 is 0 Å². The van der Waals surface area contributed by atoms with Gasteiger partial charge in [-0.2, -0.15) is 0 Å². The summed E-state index contributed by atoms with van der Waals surface area (Å²) < 4.78 is 11.1. The number of carbonyl (C=O) groups is 1. The molecule has 6 nitrogen and oxygen atoms in total. The normalized spacial score (nSPS) is 10.5. The summed E-state index contributed by atoms with van der Waals surface area (Å²) in [5, 5.41) is 11.2. The molecule has 0 unspecified atom stereocenters. The molecule has 1 N–H and O–H groups in total. The average Bonchev–Trinajstić information content (AvgIpc) is 3.13. The van der Waals surface area contributed by atoms with E-state index in [0.717, 1.165) is 16.9 Å². The Morgan fingerprint density at radius 3 is 2.69 bits per heavy atom. The highest BCUT2D eigenvalue weighted by molar-refractivity contribution is 7.99. The Kier molecular flexibility index (Phi) is 6.27. The molecule has 3 rings (SSSR count). The highest BCUT2D eigenvalue weighted by Crippen LogP contribution is 2.25. The van der Waals surface area contributed by atoms with Gasteiger partial charge < -0.3 is 14.5 Å². The monoisotopic (exact) mass is 369 g/mol. The quantitative estimate of drug-likeness (QED) is 0.485. The van der Waals surface area contributed by atoms with Crippen LogP contribution in [0.1, 0.15) is 5.56 Å². The Labute approximate surface area is 156 Å². The maximum absolute atomic E-state index is 11.9. The molecular formula is C19H19N3O3S. The van der Waals surface area contributed by atoms with Crippen LogP contribution in [-0.4, -0.2) is 35.0 Å². The third kappa shape index (κ3) is 5.10. The van der Waals surface area contributed by atoms with Gasteiger partial charge in [0.1, 0.15) is 12.4 Å². The Bertz CT molecular complexity index is 852. The van der Waals surface area contributed by atoms with Crippen LogP contribution in [-0.2, 0) is 4.79 Å². The molecule has 0 spiro atoms. The molecule has 3 aromatic rings. The summed E-state index contributed by atoms with van der Waals surface area (Å²) in [6.45, 7) is 2.84. The lowest BCUT2D eigenvalue weighted by molar-refractivity contribution is -0.118. The summed E-state index contributed by atoms with van der Waals surface area (Å²) >= 11 is 1.21. The van der Waals surface area contributed by atoms with Crippen LogP contribution in [0.5, 0.6) is 5.75 Å². The van der Waals surface area contributed by atoms with Gasteiger partial charge in [-0.25, -0.2) is 0 Å². The fourth-order valence-corrected chi connectivity index (χ4v) is 2.84. The van der Waals surface area contributed by atoms with E-state index in [1.165, 1.54) is 11.8 Å². The highest BCUT2D eigenvalue weighted by atomic mass is 32.2. The number of amides is 1. The smallest absolute Gasteiger partial charge is 0.277 e. The van der Waals surface area contributed by atoms with Gasteiger partial charge in [-0.15, -0.1) is 10.2 Å². The zero-order valence-electron chi connectivity index (χ0n) is 14.3. The van der Waals surface area contributed by atoms with E-state index in [0.29, 0.717) is 24.3 Å². The number of thioether (sulfide) groups is 1. The van der Waals surface area contributed by atoms with E-state index in [1.54, 1.807) is 0 Å². The zero-order valence-corrected chi connectivity index (χ0v) is 15.2. The molecule has 0 radical (unpaired) electrons. The highest BCUT2D eigenvalue weighted by Gasteiger charge is 2.12. The van der Waals surface area contributed by atoms with Crippen LogP contribution in [0.4, 0.5) is 0 Å². The largest absolute Gasteiger partial charge is 0.492 e. The minimum absolute atomic E-state index is 0.109. The lowest BCUT2D eigenvalue weighted by Gasteiger charge is -2.06. The average molecular weight is 369 g/mol. The van der Waals surface area contributed by atoms with Crippen molar-refractivity contribution in [2.45, 2.75) is 12.1 Å². The molecule has 0 aliphatic carbocycles. The molecule has 26 heavy (non-hydrogen) atoms. The summed E-state index contributed by atoms with van der Waals surface area (Å²) in [5.74, 6) is 1.34. The molecule has 1 aromatic heterocycles. The number of nitrogens with one attached hydrogen (secondary N) is 1. The number of carbonyl (C=O) groups excluding carboxylic acids is 1. The van der Waals surface area contributed by atoms with Crippen LogP contribution < -0.4 is 10.1 Å². The van der Waals surface area contributed by atoms with Crippen molar-refractivity contribution >= 4 is 17.7 Å². The van der Waals surface area contributed by atoms with Gasteiger partial charge in [0.25, 0.3) is 5.22 Å². The second kappa shape index (κ2) is 9.05. The number of ether oxygens (including phenoxy) is 1. The van der Waals surface area contributed by atoms with E-state index in [4.69, 9.17) is 9.15 Å². The SMILES string of the molecule is Cc1ccccc1-c1nnc(SCC(=O)NCCOc2ccccc2)o1. The van der Waals surface area contributed by atoms with Crippen molar-refractivity contribution in [1.29, 1.82) is 0 Å². The molecule has 1 heterocycles. The summed E-state index contributed by atoms with van der Waals surface area (Å²) in [5.41, 5.74) is 1.96. The predicted molar refractivity (Wildman–Crippen MR) is 100 cm³/mol. The number of hydrogen-bond acceptors (Lipinski definition) is 6. The molecule has 2 aromatic carbocycles. The molecule has 134 valence electrons. The van der Waals surface area contributed by atoms with Gasteiger partial charge in [0.05, 0.1) is 12.3 Å². The van der Waals surface area contributed by atoms with Gasteiger partial charge in [0.15, 0.2) is 0 Å². The number of aryl methyl sites for hydroxylation is 1. The molecule has 0 saturated heterocycles. The Morgan fingerprint density at radius 1 is 1.12 bits per heavy atom. The summed E-state index contributed by atoms with van der Waals surface area (Å²) in [6, 6.07) is 17.3. The molecule has 0 atom stereocenters. The molecule has 1 amide bonds. The number of nitrogens with zero attached hydrogens (tertiary/aromatic N) is 2. The van der Waals surface area contributed by atoms with Crippen LogP contribution in [0.15, 0.2) is 64.2 Å². The summed E-state index contributed by atoms with van der Waals surface area (Å²) in [6.07, 6.45) is 0. The van der Waals surface area contributed by atoms with Gasteiger partial charge >= 0.3 is 0 Å². The standard InChI is InChI=1S/C19H19N3O3S/c1-14-7-5-6-10-16(14)18-21-22-19(25-18)26-13-17(23)20-11-12-24-15-8-3-2-4-9-15/h2-10H,11-13H2,1H3,(H,20,23). The second-order valence-corrected chi connectivity index (χ2v) is 6.41. The van der Waals surface area contributed by atoms with Crippen molar-refractivity contribution in [2.75, 3.05) is 18.9 Å². The lowest BCUT2D eigenvalue weighted by atomic mass is 10.1. The van der Waals surface area contributed by atoms with Crippen LogP contribution >= 0.6 is 11.8 Å². The minimum Gasteiger partial charge on any atom is -0.492 e. The van der Waals surface area contributed by atoms with Gasteiger partial charge in [0, 0.05) is 5.56 Å². The molecule has 0 bridgehead atoms. The first kappa shape index (κ1) is 18.0. The van der Waals surface area contributed by atoms with Crippen molar-refractivity contribution in [1.82, 2.24) is 15.5 Å². The predicted octanol–water partition coefficient (Wildman–Crippen LogP) is 3.33. The third-order valence-corrected chi connectivity index (χ3v) is 4.36. The van der Waals surface area contributed by atoms with E-state index in [2.05, 4.69) is 15.5 Å². The van der Waals surface area contributed by atoms with Crippen LogP contribution in [0.2, 0.25) is 0 Å². The number of para-hydroxylation sites is 1. The number of benzene rings is 2. The Morgan fingerprint density at radius 2 is 1.88 bits per heavy atom. The number of aromatic nitrogens is 2. The Hall–Kier alpha value is -2.80. The van der Waals surface area contributed by atoms with Gasteiger partial charge in [0.2, 0.25) is 11.8 Å². The Balaban J connectivity index is 1.40. The second-order valence-electron chi connectivity index (χ2n) is 5.49. The van der Waals surface area contributed by atoms with Crippen molar-refractivity contribution in [3.05, 3.63) is 60.2 Å². The number of rotatable bonds is 8. The third-order valence-electron chi connectivity index (χ3n) is 3.54. The molecule has 0 aliphatic heterocycles. The van der Waals surface area contributed by atoms with Gasteiger partial charge in [-0.3, -0.25) is 4.79 Å². The molecule has 0 fully saturated rings. The van der Waals surface area contributed by atoms with E-state index in [9.17, 15) is 4.79 Å². The van der Waals surface area contributed by atoms with Crippen molar-refractivity contribution in [3.63, 3.8) is 0 Å². The lowest BCUT2D eigenvalue weighted by Crippen LogP contribution is -2.29. The molecule has 7 heteroatoms. The van der Waals surface area contributed by atoms with Crippen LogP contribution in [0.3, 0.4) is 0 Å². The van der Waals surface area contributed by atoms with Crippen molar-refractivity contribution < 1.29 is 13.9 Å². The molecular weight excluding hydrogens is 350 g/mol. The van der Waals surface area contributed by atoms with Crippen LogP contribution in [0.25, 0.3) is 11.5 Å². The zero-order chi connectivity index (χ0) is 18.2. The first-order valence-electron chi connectivity index (χ1n) is 8.19. The molecule has 0 saturated carbocycles. The number of hydrogen-bond donors (Lipinski definition) is 1. The summed E-state index contributed by atoms with van der Waals surface area (Å²) in [4.78, 5) is 11.9. The molecule has 0 aliphatic rings.